The Balaban J connectivity index is 2.39. The van der Waals surface area contributed by atoms with Crippen molar-refractivity contribution in [2.75, 3.05) is 0 Å². The highest BCUT2D eigenvalue weighted by Gasteiger charge is 2.08. The summed E-state index contributed by atoms with van der Waals surface area (Å²) in [6, 6.07) is 17.5. The number of H-pyrrole nitrogens is 1. The molecule has 86 valence electrons. The fourth-order valence-corrected chi connectivity index (χ4v) is 2.50. The van der Waals surface area contributed by atoms with Gasteiger partial charge in [0.05, 0.1) is 16.4 Å². The van der Waals surface area contributed by atoms with Gasteiger partial charge in [-0.25, -0.2) is 0 Å². The largest absolute Gasteiger partial charge is 0.341 e. The summed E-state index contributed by atoms with van der Waals surface area (Å²) in [5.74, 6) is 0. The van der Waals surface area contributed by atoms with Crippen LogP contribution >= 0.6 is 0 Å². The van der Waals surface area contributed by atoms with E-state index in [2.05, 4.69) is 4.98 Å². The molecule has 4 rings (SSSR count). The van der Waals surface area contributed by atoms with E-state index in [0.29, 0.717) is 5.39 Å². The molecule has 0 atom stereocenters. The van der Waals surface area contributed by atoms with Gasteiger partial charge in [0.15, 0.2) is 0 Å². The van der Waals surface area contributed by atoms with Crippen molar-refractivity contribution >= 4 is 27.5 Å². The van der Waals surface area contributed by atoms with E-state index in [1.54, 1.807) is 4.40 Å². The smallest absolute Gasteiger partial charge is 0.266 e. The van der Waals surface area contributed by atoms with E-state index in [1.165, 1.54) is 0 Å². The molecule has 0 bridgehead atoms. The lowest BCUT2D eigenvalue weighted by molar-refractivity contribution is 1.15. The molecule has 4 aromatic rings. The van der Waals surface area contributed by atoms with Crippen LogP contribution in [0.5, 0.6) is 0 Å². The molecule has 18 heavy (non-hydrogen) atoms. The predicted molar refractivity (Wildman–Crippen MR) is 73.0 cm³/mol. The molecule has 0 fully saturated rings. The van der Waals surface area contributed by atoms with Gasteiger partial charge in [0.2, 0.25) is 0 Å². The molecule has 0 aliphatic heterocycles. The lowest BCUT2D eigenvalue weighted by Crippen LogP contribution is -2.13. The summed E-state index contributed by atoms with van der Waals surface area (Å²) in [5, 5.41) is 1.78. The van der Waals surface area contributed by atoms with Crippen molar-refractivity contribution in [3.63, 3.8) is 0 Å². The van der Waals surface area contributed by atoms with Crippen LogP contribution in [-0.2, 0) is 0 Å². The third-order valence-electron chi connectivity index (χ3n) is 3.33. The Kier molecular flexibility index (Phi) is 1.70. The molecule has 2 aromatic carbocycles. The molecule has 3 heteroatoms. The van der Waals surface area contributed by atoms with E-state index in [1.807, 2.05) is 54.6 Å². The van der Waals surface area contributed by atoms with Crippen molar-refractivity contribution in [2.24, 2.45) is 0 Å². The summed E-state index contributed by atoms with van der Waals surface area (Å²) in [6.45, 7) is 0. The summed E-state index contributed by atoms with van der Waals surface area (Å²) >= 11 is 0. The maximum Gasteiger partial charge on any atom is 0.266 e. The molecule has 0 unspecified atom stereocenters. The van der Waals surface area contributed by atoms with Crippen molar-refractivity contribution in [1.29, 1.82) is 0 Å². The molecule has 0 aliphatic rings. The molecule has 2 aromatic heterocycles. The van der Waals surface area contributed by atoms with E-state index in [-0.39, 0.29) is 5.56 Å². The number of nitrogens with zero attached hydrogens (tertiary/aromatic N) is 1. The quantitative estimate of drug-likeness (QED) is 0.499. The minimum absolute atomic E-state index is 0.0283. The lowest BCUT2D eigenvalue weighted by Gasteiger charge is -2.00. The van der Waals surface area contributed by atoms with Gasteiger partial charge in [0, 0.05) is 5.39 Å². The van der Waals surface area contributed by atoms with Crippen molar-refractivity contribution in [3.05, 3.63) is 65.0 Å². The Labute approximate surface area is 102 Å². The van der Waals surface area contributed by atoms with Crippen LogP contribution in [0.15, 0.2) is 59.4 Å². The van der Waals surface area contributed by atoms with Crippen molar-refractivity contribution in [2.45, 2.75) is 0 Å². The molecule has 0 amide bonds. The Morgan fingerprint density at radius 3 is 2.67 bits per heavy atom. The summed E-state index contributed by atoms with van der Waals surface area (Å²) in [7, 11) is 0. The molecular weight excluding hydrogens is 224 g/mol. The van der Waals surface area contributed by atoms with E-state index in [0.717, 1.165) is 22.1 Å². The van der Waals surface area contributed by atoms with Crippen molar-refractivity contribution in [1.82, 2.24) is 9.38 Å². The van der Waals surface area contributed by atoms with Gasteiger partial charge < -0.3 is 4.98 Å². The van der Waals surface area contributed by atoms with Crippen LogP contribution in [0, 0.1) is 0 Å². The number of benzene rings is 2. The molecular formula is C15H10N2O. The summed E-state index contributed by atoms with van der Waals surface area (Å²) in [5.41, 5.74) is 2.68. The number of hydrogen-bond donors (Lipinski definition) is 1. The Morgan fingerprint density at radius 1 is 0.944 bits per heavy atom. The average Bonchev–Trinajstić information content (AvgIpc) is 2.77. The first kappa shape index (κ1) is 9.48. The lowest BCUT2D eigenvalue weighted by atomic mass is 10.2. The van der Waals surface area contributed by atoms with Crippen molar-refractivity contribution in [3.8, 4) is 0 Å². The zero-order chi connectivity index (χ0) is 12.1. The number of nitrogens with one attached hydrogen (secondary N) is 1. The van der Waals surface area contributed by atoms with Crippen LogP contribution in [0.3, 0.4) is 0 Å². The molecule has 0 saturated carbocycles. The number of hydrogen-bond acceptors (Lipinski definition) is 1. The van der Waals surface area contributed by atoms with Gasteiger partial charge in [-0.3, -0.25) is 9.20 Å². The molecule has 0 saturated heterocycles. The number of aromatic amines is 1. The average molecular weight is 234 g/mol. The van der Waals surface area contributed by atoms with E-state index in [9.17, 15) is 4.79 Å². The zero-order valence-corrected chi connectivity index (χ0v) is 9.55. The molecule has 3 nitrogen and oxygen atoms in total. The summed E-state index contributed by atoms with van der Waals surface area (Å²) in [4.78, 5) is 15.8. The number of para-hydroxylation sites is 2. The minimum atomic E-state index is 0.0283. The molecule has 1 N–H and O–H groups in total. The van der Waals surface area contributed by atoms with E-state index in [4.69, 9.17) is 0 Å². The summed E-state index contributed by atoms with van der Waals surface area (Å²) in [6.07, 6.45) is 0. The van der Waals surface area contributed by atoms with Gasteiger partial charge in [-0.05, 0) is 24.3 Å². The molecule has 0 radical (unpaired) electrons. The van der Waals surface area contributed by atoms with Crippen LogP contribution in [0.1, 0.15) is 0 Å². The van der Waals surface area contributed by atoms with Crippen molar-refractivity contribution < 1.29 is 0 Å². The SMILES string of the molecule is O=c1c2ccccc2[nH]c2cc3ccccc3n12. The molecule has 2 heterocycles. The highest BCUT2D eigenvalue weighted by atomic mass is 16.1. The minimum Gasteiger partial charge on any atom is -0.341 e. The van der Waals surface area contributed by atoms with E-state index >= 15 is 0 Å². The van der Waals surface area contributed by atoms with Gasteiger partial charge >= 0.3 is 0 Å². The Bertz CT molecular complexity index is 947. The van der Waals surface area contributed by atoms with Gasteiger partial charge in [-0.15, -0.1) is 0 Å². The molecule has 0 aliphatic carbocycles. The second-order valence-corrected chi connectivity index (χ2v) is 4.40. The van der Waals surface area contributed by atoms with Crippen LogP contribution in [-0.4, -0.2) is 9.38 Å². The summed E-state index contributed by atoms with van der Waals surface area (Å²) < 4.78 is 1.73. The van der Waals surface area contributed by atoms with Gasteiger partial charge in [-0.2, -0.15) is 0 Å². The Hall–Kier alpha value is -2.55. The van der Waals surface area contributed by atoms with Crippen LogP contribution < -0.4 is 5.56 Å². The second kappa shape index (κ2) is 3.23. The predicted octanol–water partition coefficient (Wildman–Crippen LogP) is 2.93. The number of aromatic nitrogens is 2. The normalized spacial score (nSPS) is 11.6. The molecule has 0 spiro atoms. The van der Waals surface area contributed by atoms with E-state index < -0.39 is 0 Å². The third kappa shape index (κ3) is 1.10. The first-order valence-corrected chi connectivity index (χ1v) is 5.86. The third-order valence-corrected chi connectivity index (χ3v) is 3.33. The topological polar surface area (TPSA) is 37.3 Å². The highest BCUT2D eigenvalue weighted by molar-refractivity contribution is 5.89. The maximum atomic E-state index is 12.5. The fraction of sp³-hybridized carbons (Fsp3) is 0. The first-order valence-electron chi connectivity index (χ1n) is 5.86. The van der Waals surface area contributed by atoms with Crippen LogP contribution in [0.4, 0.5) is 0 Å². The maximum absolute atomic E-state index is 12.5. The zero-order valence-electron chi connectivity index (χ0n) is 9.55. The standard InChI is InChI=1S/C15H10N2O/c18-15-11-6-2-3-7-12(11)16-14-9-10-5-1-4-8-13(10)17(14)15/h1-9,16H. The van der Waals surface area contributed by atoms with Gasteiger partial charge in [0.1, 0.15) is 5.65 Å². The Morgan fingerprint density at radius 2 is 1.72 bits per heavy atom. The number of fused-ring (bicyclic) bond motifs is 4. The van der Waals surface area contributed by atoms with Crippen LogP contribution in [0.2, 0.25) is 0 Å². The number of rotatable bonds is 0. The van der Waals surface area contributed by atoms with Crippen LogP contribution in [0.25, 0.3) is 27.5 Å². The monoisotopic (exact) mass is 234 g/mol. The highest BCUT2D eigenvalue weighted by Crippen LogP contribution is 2.18. The fourth-order valence-electron chi connectivity index (χ4n) is 2.50. The second-order valence-electron chi connectivity index (χ2n) is 4.40. The first-order chi connectivity index (χ1) is 8.84. The van der Waals surface area contributed by atoms with Gasteiger partial charge in [-0.1, -0.05) is 30.3 Å². The van der Waals surface area contributed by atoms with Gasteiger partial charge in [0.25, 0.3) is 5.56 Å².